The highest BCUT2D eigenvalue weighted by atomic mass is 32.1. The lowest BCUT2D eigenvalue weighted by Gasteiger charge is -2.35. The Labute approximate surface area is 151 Å². The number of fused-ring (bicyclic) bond motifs is 1. The number of thiophene rings is 1. The van der Waals surface area contributed by atoms with E-state index in [9.17, 15) is 9.59 Å². The third kappa shape index (κ3) is 3.75. The lowest BCUT2D eigenvalue weighted by Crippen LogP contribution is -2.45. The van der Waals surface area contributed by atoms with Crippen LogP contribution in [-0.4, -0.2) is 29.9 Å². The van der Waals surface area contributed by atoms with Gasteiger partial charge in [0.15, 0.2) is 0 Å². The quantitative estimate of drug-likeness (QED) is 0.884. The second-order valence-electron chi connectivity index (χ2n) is 6.67. The number of para-hydroxylation sites is 1. The van der Waals surface area contributed by atoms with Gasteiger partial charge in [-0.1, -0.05) is 18.2 Å². The molecule has 2 N–H and O–H groups in total. The number of carbonyl (C=O) groups excluding carboxylic acids is 2. The van der Waals surface area contributed by atoms with Gasteiger partial charge in [-0.05, 0) is 54.3 Å². The largest absolute Gasteiger partial charge is 0.325 e. The highest BCUT2D eigenvalue weighted by Gasteiger charge is 2.40. The summed E-state index contributed by atoms with van der Waals surface area (Å²) in [4.78, 5) is 28.0. The molecule has 2 aliphatic rings. The van der Waals surface area contributed by atoms with Crippen molar-refractivity contribution in [2.24, 2.45) is 5.92 Å². The monoisotopic (exact) mass is 355 g/mol. The van der Waals surface area contributed by atoms with E-state index in [0.29, 0.717) is 17.6 Å². The van der Waals surface area contributed by atoms with E-state index < -0.39 is 6.03 Å². The first-order valence-corrected chi connectivity index (χ1v) is 9.55. The molecule has 2 heterocycles. The van der Waals surface area contributed by atoms with E-state index in [-0.39, 0.29) is 12.5 Å². The van der Waals surface area contributed by atoms with Gasteiger partial charge in [-0.25, -0.2) is 4.79 Å². The van der Waals surface area contributed by atoms with Gasteiger partial charge in [0.2, 0.25) is 5.91 Å². The Hall–Kier alpha value is -2.18. The van der Waals surface area contributed by atoms with Crippen molar-refractivity contribution in [1.29, 1.82) is 0 Å². The van der Waals surface area contributed by atoms with Gasteiger partial charge in [-0.15, -0.1) is 11.3 Å². The zero-order chi connectivity index (χ0) is 17.2. The lowest BCUT2D eigenvalue weighted by atomic mass is 9.96. The Bertz CT molecular complexity index is 770. The third-order valence-corrected chi connectivity index (χ3v) is 5.81. The molecule has 1 aromatic carbocycles. The fourth-order valence-electron chi connectivity index (χ4n) is 3.57. The molecule has 1 aliphatic carbocycles. The fourth-order valence-corrected chi connectivity index (χ4v) is 4.49. The maximum atomic E-state index is 12.3. The van der Waals surface area contributed by atoms with Crippen LogP contribution in [0.2, 0.25) is 0 Å². The molecule has 0 unspecified atom stereocenters. The van der Waals surface area contributed by atoms with Crippen LogP contribution in [0.25, 0.3) is 0 Å². The van der Waals surface area contributed by atoms with Gasteiger partial charge in [-0.3, -0.25) is 15.0 Å². The van der Waals surface area contributed by atoms with Crippen LogP contribution >= 0.6 is 11.3 Å². The maximum Gasteiger partial charge on any atom is 0.325 e. The Kier molecular flexibility index (Phi) is 4.55. The molecule has 130 valence electrons. The number of nitrogens with zero attached hydrogens (tertiary/aromatic N) is 1. The standard InChI is InChI=1S/C19H21N3O2S/c23-17(21-19(24)20-14-4-2-1-3-5-14)12-22-10-8-16-15(9-11-25-16)18(22)13-6-7-13/h1-5,9,11,13,18H,6-8,10,12H2,(H2,20,21,23,24)/t18-/m1/s1. The van der Waals surface area contributed by atoms with Gasteiger partial charge >= 0.3 is 6.03 Å². The number of imide groups is 1. The average Bonchev–Trinajstić information content (AvgIpc) is 3.31. The van der Waals surface area contributed by atoms with E-state index in [0.717, 1.165) is 13.0 Å². The van der Waals surface area contributed by atoms with E-state index in [1.165, 1.54) is 23.3 Å². The predicted molar refractivity (Wildman–Crippen MR) is 98.7 cm³/mol. The van der Waals surface area contributed by atoms with Crippen molar-refractivity contribution in [3.05, 3.63) is 52.2 Å². The van der Waals surface area contributed by atoms with Gasteiger partial charge in [0.05, 0.1) is 6.54 Å². The minimum atomic E-state index is -0.479. The highest BCUT2D eigenvalue weighted by molar-refractivity contribution is 7.10. The first kappa shape index (κ1) is 16.3. The van der Waals surface area contributed by atoms with Crippen LogP contribution in [0, 0.1) is 5.92 Å². The van der Waals surface area contributed by atoms with Crippen LogP contribution in [0.15, 0.2) is 41.8 Å². The van der Waals surface area contributed by atoms with Crippen LogP contribution in [0.1, 0.15) is 29.3 Å². The maximum absolute atomic E-state index is 12.3. The SMILES string of the molecule is O=C(CN1CCc2sccc2[C@H]1C1CC1)NC(=O)Nc1ccccc1. The summed E-state index contributed by atoms with van der Waals surface area (Å²) in [5.74, 6) is 0.400. The van der Waals surface area contributed by atoms with Crippen molar-refractivity contribution in [2.45, 2.75) is 25.3 Å². The molecular formula is C19H21N3O2S. The van der Waals surface area contributed by atoms with Gasteiger partial charge in [0.1, 0.15) is 0 Å². The van der Waals surface area contributed by atoms with E-state index in [4.69, 9.17) is 0 Å². The van der Waals surface area contributed by atoms with Gasteiger partial charge in [0.25, 0.3) is 0 Å². The van der Waals surface area contributed by atoms with Crippen molar-refractivity contribution < 1.29 is 9.59 Å². The Morgan fingerprint density at radius 1 is 1.16 bits per heavy atom. The molecule has 1 saturated carbocycles. The summed E-state index contributed by atoms with van der Waals surface area (Å²) in [6, 6.07) is 11.2. The summed E-state index contributed by atoms with van der Waals surface area (Å²) in [7, 11) is 0. The molecule has 4 rings (SSSR count). The Morgan fingerprint density at radius 2 is 1.96 bits per heavy atom. The number of anilines is 1. The highest BCUT2D eigenvalue weighted by Crippen LogP contribution is 2.48. The molecule has 1 fully saturated rings. The predicted octanol–water partition coefficient (Wildman–Crippen LogP) is 3.41. The Balaban J connectivity index is 1.36. The number of hydrogen-bond donors (Lipinski definition) is 2. The first-order chi connectivity index (χ1) is 12.2. The summed E-state index contributed by atoms with van der Waals surface area (Å²) in [5, 5.41) is 7.28. The van der Waals surface area contributed by atoms with Crippen molar-refractivity contribution in [2.75, 3.05) is 18.4 Å². The lowest BCUT2D eigenvalue weighted by molar-refractivity contribution is -0.121. The van der Waals surface area contributed by atoms with Crippen molar-refractivity contribution in [3.63, 3.8) is 0 Å². The molecule has 0 bridgehead atoms. The molecule has 2 aromatic rings. The molecule has 25 heavy (non-hydrogen) atoms. The van der Waals surface area contributed by atoms with Crippen LogP contribution in [-0.2, 0) is 11.2 Å². The van der Waals surface area contributed by atoms with E-state index in [1.54, 1.807) is 12.1 Å². The van der Waals surface area contributed by atoms with Gasteiger partial charge < -0.3 is 5.32 Å². The molecule has 6 heteroatoms. The molecule has 1 atom stereocenters. The average molecular weight is 355 g/mol. The number of hydrogen-bond acceptors (Lipinski definition) is 4. The van der Waals surface area contributed by atoms with Crippen LogP contribution in [0.5, 0.6) is 0 Å². The molecular weight excluding hydrogens is 334 g/mol. The Morgan fingerprint density at radius 3 is 2.72 bits per heavy atom. The minimum absolute atomic E-state index is 0.252. The molecule has 1 aliphatic heterocycles. The second kappa shape index (κ2) is 6.98. The van der Waals surface area contributed by atoms with E-state index >= 15 is 0 Å². The molecule has 0 saturated heterocycles. The van der Waals surface area contributed by atoms with Crippen LogP contribution in [0.4, 0.5) is 10.5 Å². The zero-order valence-electron chi connectivity index (χ0n) is 13.9. The normalized spacial score (nSPS) is 19.9. The molecule has 3 amide bonds. The summed E-state index contributed by atoms with van der Waals surface area (Å²) in [6.45, 7) is 1.14. The number of rotatable bonds is 4. The first-order valence-electron chi connectivity index (χ1n) is 8.67. The minimum Gasteiger partial charge on any atom is -0.308 e. The van der Waals surface area contributed by atoms with E-state index in [2.05, 4.69) is 27.0 Å². The molecule has 0 spiro atoms. The number of carbonyl (C=O) groups is 2. The van der Waals surface area contributed by atoms with Crippen LogP contribution < -0.4 is 10.6 Å². The van der Waals surface area contributed by atoms with Crippen molar-refractivity contribution in [1.82, 2.24) is 10.2 Å². The number of amides is 3. The summed E-state index contributed by atoms with van der Waals surface area (Å²) >= 11 is 1.82. The fraction of sp³-hybridized carbons (Fsp3) is 0.368. The molecule has 0 radical (unpaired) electrons. The third-order valence-electron chi connectivity index (χ3n) is 4.82. The van der Waals surface area contributed by atoms with E-state index in [1.807, 2.05) is 29.5 Å². The van der Waals surface area contributed by atoms with Gasteiger partial charge in [0, 0.05) is 23.2 Å². The number of nitrogens with one attached hydrogen (secondary N) is 2. The number of benzene rings is 1. The number of urea groups is 1. The second-order valence-corrected chi connectivity index (χ2v) is 7.67. The van der Waals surface area contributed by atoms with Crippen molar-refractivity contribution in [3.8, 4) is 0 Å². The van der Waals surface area contributed by atoms with Crippen molar-refractivity contribution >= 4 is 29.0 Å². The van der Waals surface area contributed by atoms with Crippen LogP contribution in [0.3, 0.4) is 0 Å². The molecule has 1 aromatic heterocycles. The summed E-state index contributed by atoms with van der Waals surface area (Å²) in [5.41, 5.74) is 2.06. The van der Waals surface area contributed by atoms with Gasteiger partial charge in [-0.2, -0.15) is 0 Å². The zero-order valence-corrected chi connectivity index (χ0v) is 14.7. The smallest absolute Gasteiger partial charge is 0.308 e. The topological polar surface area (TPSA) is 61.4 Å². The summed E-state index contributed by atoms with van der Waals surface area (Å²) < 4.78 is 0. The summed E-state index contributed by atoms with van der Waals surface area (Å²) in [6.07, 6.45) is 3.44. The molecule has 5 nitrogen and oxygen atoms in total.